The molecule has 1 N–H and O–H groups in total. The molecule has 0 aliphatic carbocycles. The third-order valence-corrected chi connectivity index (χ3v) is 2.83. The SMILES string of the molecule is CCC[C@@H](C)NC(=O)COC(=O)COc1ccc(C#N)cc1. The van der Waals surface area contributed by atoms with Crippen LogP contribution < -0.4 is 10.1 Å². The van der Waals surface area contributed by atoms with Crippen LogP contribution in [-0.4, -0.2) is 31.1 Å². The fourth-order valence-corrected chi connectivity index (χ4v) is 1.78. The fourth-order valence-electron chi connectivity index (χ4n) is 1.78. The first kappa shape index (κ1) is 17.5. The summed E-state index contributed by atoms with van der Waals surface area (Å²) in [6.45, 7) is 3.33. The number of hydrogen-bond acceptors (Lipinski definition) is 5. The van der Waals surface area contributed by atoms with Gasteiger partial charge in [-0.15, -0.1) is 0 Å². The van der Waals surface area contributed by atoms with Crippen LogP contribution in [0, 0.1) is 11.3 Å². The molecule has 0 saturated carbocycles. The van der Waals surface area contributed by atoms with Crippen molar-refractivity contribution in [3.05, 3.63) is 29.8 Å². The van der Waals surface area contributed by atoms with E-state index in [1.807, 2.05) is 19.9 Å². The van der Waals surface area contributed by atoms with Gasteiger partial charge in [-0.3, -0.25) is 4.79 Å². The summed E-state index contributed by atoms with van der Waals surface area (Å²) in [6.07, 6.45) is 1.85. The van der Waals surface area contributed by atoms with Gasteiger partial charge in [0.15, 0.2) is 13.2 Å². The highest BCUT2D eigenvalue weighted by atomic mass is 16.6. The van der Waals surface area contributed by atoms with E-state index in [9.17, 15) is 9.59 Å². The standard InChI is InChI=1S/C16H20N2O4/c1-3-4-12(2)18-15(19)10-22-16(20)11-21-14-7-5-13(9-17)6-8-14/h5-8,12H,3-4,10-11H2,1-2H3,(H,18,19)/t12-/m1/s1. The van der Waals surface area contributed by atoms with Gasteiger partial charge in [-0.2, -0.15) is 5.26 Å². The average molecular weight is 304 g/mol. The number of nitrogens with zero attached hydrogens (tertiary/aromatic N) is 1. The van der Waals surface area contributed by atoms with Crippen LogP contribution in [0.2, 0.25) is 0 Å². The summed E-state index contributed by atoms with van der Waals surface area (Å²) in [7, 11) is 0. The largest absolute Gasteiger partial charge is 0.482 e. The van der Waals surface area contributed by atoms with Gasteiger partial charge in [-0.05, 0) is 37.6 Å². The summed E-state index contributed by atoms with van der Waals surface area (Å²) >= 11 is 0. The molecule has 0 bridgehead atoms. The van der Waals surface area contributed by atoms with Crippen LogP contribution in [-0.2, 0) is 14.3 Å². The first-order valence-corrected chi connectivity index (χ1v) is 7.13. The zero-order valence-electron chi connectivity index (χ0n) is 12.8. The lowest BCUT2D eigenvalue weighted by Gasteiger charge is -2.12. The number of nitrogens with one attached hydrogen (secondary N) is 1. The molecule has 1 amide bonds. The van der Waals surface area contributed by atoms with Crippen molar-refractivity contribution in [2.75, 3.05) is 13.2 Å². The second kappa shape index (κ2) is 9.40. The normalized spacial score (nSPS) is 11.1. The van der Waals surface area contributed by atoms with Gasteiger partial charge in [0.05, 0.1) is 11.6 Å². The third-order valence-electron chi connectivity index (χ3n) is 2.83. The van der Waals surface area contributed by atoms with Gasteiger partial charge in [-0.25, -0.2) is 4.79 Å². The van der Waals surface area contributed by atoms with Crippen molar-refractivity contribution >= 4 is 11.9 Å². The topological polar surface area (TPSA) is 88.4 Å². The highest BCUT2D eigenvalue weighted by Crippen LogP contribution is 2.11. The Bertz CT molecular complexity index is 534. The molecule has 118 valence electrons. The van der Waals surface area contributed by atoms with E-state index in [2.05, 4.69) is 5.32 Å². The Kier molecular flexibility index (Phi) is 7.48. The van der Waals surface area contributed by atoms with Crippen molar-refractivity contribution in [1.82, 2.24) is 5.32 Å². The zero-order chi connectivity index (χ0) is 16.4. The Morgan fingerprint density at radius 1 is 1.27 bits per heavy atom. The molecule has 1 rings (SSSR count). The number of carbonyl (C=O) groups is 2. The molecule has 1 aromatic rings. The average Bonchev–Trinajstić information content (AvgIpc) is 2.51. The summed E-state index contributed by atoms with van der Waals surface area (Å²) in [5.41, 5.74) is 0.507. The maximum absolute atomic E-state index is 11.5. The molecule has 0 fully saturated rings. The van der Waals surface area contributed by atoms with Crippen molar-refractivity contribution in [3.63, 3.8) is 0 Å². The molecule has 0 aromatic heterocycles. The predicted octanol–water partition coefficient (Wildman–Crippen LogP) is 1.79. The second-order valence-corrected chi connectivity index (χ2v) is 4.84. The van der Waals surface area contributed by atoms with E-state index in [-0.39, 0.29) is 25.2 Å². The molecule has 1 atom stereocenters. The maximum Gasteiger partial charge on any atom is 0.344 e. The van der Waals surface area contributed by atoms with Gasteiger partial charge < -0.3 is 14.8 Å². The van der Waals surface area contributed by atoms with E-state index in [0.29, 0.717) is 11.3 Å². The maximum atomic E-state index is 11.5. The Balaban J connectivity index is 2.25. The van der Waals surface area contributed by atoms with E-state index in [0.717, 1.165) is 12.8 Å². The van der Waals surface area contributed by atoms with E-state index < -0.39 is 5.97 Å². The summed E-state index contributed by atoms with van der Waals surface area (Å²) < 4.78 is 10.0. The molecule has 0 radical (unpaired) electrons. The smallest absolute Gasteiger partial charge is 0.344 e. The molecule has 0 heterocycles. The number of amides is 1. The van der Waals surface area contributed by atoms with Gasteiger partial charge in [-0.1, -0.05) is 13.3 Å². The van der Waals surface area contributed by atoms with E-state index in [4.69, 9.17) is 14.7 Å². The van der Waals surface area contributed by atoms with Gasteiger partial charge in [0, 0.05) is 6.04 Å². The van der Waals surface area contributed by atoms with Crippen molar-refractivity contribution < 1.29 is 19.1 Å². The molecule has 0 spiro atoms. The number of hydrogen-bond donors (Lipinski definition) is 1. The minimum absolute atomic E-state index is 0.0612. The van der Waals surface area contributed by atoms with Gasteiger partial charge >= 0.3 is 5.97 Å². The van der Waals surface area contributed by atoms with Crippen molar-refractivity contribution in [3.8, 4) is 11.8 Å². The second-order valence-electron chi connectivity index (χ2n) is 4.84. The fraction of sp³-hybridized carbons (Fsp3) is 0.438. The van der Waals surface area contributed by atoms with Gasteiger partial charge in [0.2, 0.25) is 0 Å². The van der Waals surface area contributed by atoms with Crippen LogP contribution in [0.25, 0.3) is 0 Å². The Hall–Kier alpha value is -2.55. The zero-order valence-corrected chi connectivity index (χ0v) is 12.8. The molecular weight excluding hydrogens is 284 g/mol. The molecule has 0 saturated heterocycles. The van der Waals surface area contributed by atoms with Crippen molar-refractivity contribution in [2.24, 2.45) is 0 Å². The Morgan fingerprint density at radius 2 is 1.95 bits per heavy atom. The molecule has 22 heavy (non-hydrogen) atoms. The lowest BCUT2D eigenvalue weighted by Crippen LogP contribution is -2.36. The quantitative estimate of drug-likeness (QED) is 0.740. The minimum atomic E-state index is -0.623. The number of carbonyl (C=O) groups excluding carboxylic acids is 2. The summed E-state index contributed by atoms with van der Waals surface area (Å²) in [5.74, 6) is -0.493. The van der Waals surface area contributed by atoms with Gasteiger partial charge in [0.1, 0.15) is 5.75 Å². The van der Waals surface area contributed by atoms with Crippen LogP contribution in [0.3, 0.4) is 0 Å². The lowest BCUT2D eigenvalue weighted by molar-refractivity contribution is -0.150. The molecular formula is C16H20N2O4. The van der Waals surface area contributed by atoms with Crippen LogP contribution >= 0.6 is 0 Å². The third kappa shape index (κ3) is 6.75. The van der Waals surface area contributed by atoms with Crippen LogP contribution in [0.5, 0.6) is 5.75 Å². The highest BCUT2D eigenvalue weighted by molar-refractivity contribution is 5.81. The Morgan fingerprint density at radius 3 is 2.55 bits per heavy atom. The summed E-state index contributed by atoms with van der Waals surface area (Å²) in [5, 5.41) is 11.4. The van der Waals surface area contributed by atoms with Crippen molar-refractivity contribution in [2.45, 2.75) is 32.7 Å². The van der Waals surface area contributed by atoms with Crippen LogP contribution in [0.4, 0.5) is 0 Å². The number of ether oxygens (including phenoxy) is 2. The van der Waals surface area contributed by atoms with Crippen LogP contribution in [0.1, 0.15) is 32.3 Å². The lowest BCUT2D eigenvalue weighted by atomic mass is 10.2. The number of nitriles is 1. The first-order valence-electron chi connectivity index (χ1n) is 7.13. The number of rotatable bonds is 8. The van der Waals surface area contributed by atoms with Gasteiger partial charge in [0.25, 0.3) is 5.91 Å². The minimum Gasteiger partial charge on any atom is -0.482 e. The number of esters is 1. The Labute approximate surface area is 130 Å². The monoisotopic (exact) mass is 304 g/mol. The van der Waals surface area contributed by atoms with E-state index in [1.165, 1.54) is 0 Å². The molecule has 6 nitrogen and oxygen atoms in total. The predicted molar refractivity (Wildman–Crippen MR) is 80.1 cm³/mol. The van der Waals surface area contributed by atoms with Crippen molar-refractivity contribution in [1.29, 1.82) is 5.26 Å². The van der Waals surface area contributed by atoms with E-state index in [1.54, 1.807) is 24.3 Å². The summed E-state index contributed by atoms with van der Waals surface area (Å²) in [4.78, 5) is 23.0. The molecule has 0 aliphatic heterocycles. The molecule has 6 heteroatoms. The van der Waals surface area contributed by atoms with Crippen LogP contribution in [0.15, 0.2) is 24.3 Å². The summed E-state index contributed by atoms with van der Waals surface area (Å²) in [6, 6.07) is 8.40. The molecule has 0 aliphatic rings. The number of benzene rings is 1. The highest BCUT2D eigenvalue weighted by Gasteiger charge is 2.10. The molecule has 0 unspecified atom stereocenters. The first-order chi connectivity index (χ1) is 10.5. The molecule has 1 aromatic carbocycles. The van der Waals surface area contributed by atoms with E-state index >= 15 is 0 Å².